The van der Waals surface area contributed by atoms with Crippen molar-refractivity contribution >= 4 is 0 Å². The second-order valence-corrected chi connectivity index (χ2v) is 7.38. The molecule has 0 aromatic rings. The van der Waals surface area contributed by atoms with Gasteiger partial charge in [0.05, 0.1) is 39.3 Å². The van der Waals surface area contributed by atoms with Gasteiger partial charge in [-0.1, -0.05) is 26.7 Å². The van der Waals surface area contributed by atoms with Crippen LogP contribution in [0.2, 0.25) is 0 Å². The lowest BCUT2D eigenvalue weighted by Crippen LogP contribution is -3.13. The minimum atomic E-state index is 1.08. The summed E-state index contributed by atoms with van der Waals surface area (Å²) in [6.45, 7) is 13.4. The number of hydrogen-bond acceptors (Lipinski definition) is 0. The summed E-state index contributed by atoms with van der Waals surface area (Å²) in [5.41, 5.74) is 0. The van der Waals surface area contributed by atoms with Gasteiger partial charge in [0, 0.05) is 0 Å². The molecule has 118 valence electrons. The molecule has 0 radical (unpaired) electrons. The zero-order chi connectivity index (χ0) is 14.2. The fraction of sp³-hybridized carbons (Fsp3) is 1.00. The zero-order valence-electron chi connectivity index (χ0n) is 14.1. The lowest BCUT2D eigenvalue weighted by Gasteiger charge is -2.37. The molecule has 0 unspecified atom stereocenters. The Kier molecular flexibility index (Phi) is 7.37. The monoisotopic (exact) mass is 282 g/mol. The van der Waals surface area contributed by atoms with Crippen molar-refractivity contribution in [3.05, 3.63) is 0 Å². The molecule has 2 N–H and O–H groups in total. The molecule has 20 heavy (non-hydrogen) atoms. The molecule has 2 rings (SSSR count). The zero-order valence-corrected chi connectivity index (χ0v) is 14.1. The maximum absolute atomic E-state index is 2.32. The molecule has 2 heteroatoms. The number of rotatable bonds is 7. The third-order valence-electron chi connectivity index (χ3n) is 5.91. The number of unbranched alkanes of at least 4 members (excludes halogenated alkanes) is 2. The summed E-state index contributed by atoms with van der Waals surface area (Å²) in [6.07, 6.45) is 11.7. The summed E-state index contributed by atoms with van der Waals surface area (Å²) in [5, 5.41) is 0. The lowest BCUT2D eigenvalue weighted by molar-refractivity contribution is -0.910. The number of quaternary nitrogens is 2. The van der Waals surface area contributed by atoms with Gasteiger partial charge in [-0.25, -0.2) is 0 Å². The SMILES string of the molecule is CCCC[NH+]1CCC(C2CC[NH+](CCCC)CC2)CC1. The van der Waals surface area contributed by atoms with E-state index in [1.807, 2.05) is 9.80 Å². The van der Waals surface area contributed by atoms with Crippen LogP contribution in [-0.2, 0) is 0 Å². The fourth-order valence-electron chi connectivity index (χ4n) is 4.39. The van der Waals surface area contributed by atoms with Crippen LogP contribution in [0.5, 0.6) is 0 Å². The molecule has 2 aliphatic heterocycles. The molecule has 2 saturated heterocycles. The summed E-state index contributed by atoms with van der Waals surface area (Å²) in [5.74, 6) is 2.15. The van der Waals surface area contributed by atoms with Gasteiger partial charge in [-0.3, -0.25) is 0 Å². The van der Waals surface area contributed by atoms with E-state index in [9.17, 15) is 0 Å². The van der Waals surface area contributed by atoms with Crippen molar-refractivity contribution in [1.82, 2.24) is 0 Å². The predicted molar refractivity (Wildman–Crippen MR) is 86.4 cm³/mol. The Morgan fingerprint density at radius 3 is 1.30 bits per heavy atom. The molecule has 0 aliphatic carbocycles. The van der Waals surface area contributed by atoms with E-state index in [0.29, 0.717) is 0 Å². The maximum Gasteiger partial charge on any atom is 0.0773 e. The number of likely N-dealkylation sites (tertiary alicyclic amines) is 2. The van der Waals surface area contributed by atoms with Gasteiger partial charge in [-0.15, -0.1) is 0 Å². The van der Waals surface area contributed by atoms with Crippen molar-refractivity contribution in [1.29, 1.82) is 0 Å². The Morgan fingerprint density at radius 1 is 0.650 bits per heavy atom. The second-order valence-electron chi connectivity index (χ2n) is 7.38. The van der Waals surface area contributed by atoms with Gasteiger partial charge in [0.2, 0.25) is 0 Å². The average molecular weight is 283 g/mol. The Labute approximate surface area is 126 Å². The van der Waals surface area contributed by atoms with Gasteiger partial charge < -0.3 is 9.80 Å². The van der Waals surface area contributed by atoms with E-state index >= 15 is 0 Å². The third kappa shape index (κ3) is 5.04. The largest absolute Gasteiger partial charge is 0.335 e. The Hall–Kier alpha value is -0.0800. The highest BCUT2D eigenvalue weighted by atomic mass is 15.1. The topological polar surface area (TPSA) is 8.88 Å². The summed E-state index contributed by atoms with van der Waals surface area (Å²) in [4.78, 5) is 3.79. The van der Waals surface area contributed by atoms with E-state index in [-0.39, 0.29) is 0 Å². The van der Waals surface area contributed by atoms with Crippen LogP contribution in [0.3, 0.4) is 0 Å². The van der Waals surface area contributed by atoms with Crippen LogP contribution >= 0.6 is 0 Å². The molecule has 0 atom stereocenters. The van der Waals surface area contributed by atoms with Crippen LogP contribution in [-0.4, -0.2) is 39.3 Å². The van der Waals surface area contributed by atoms with Crippen molar-refractivity contribution in [3.63, 3.8) is 0 Å². The minimum absolute atomic E-state index is 1.08. The van der Waals surface area contributed by atoms with Crippen LogP contribution in [0.1, 0.15) is 65.2 Å². The first-order valence-corrected chi connectivity index (χ1v) is 9.50. The first-order chi connectivity index (χ1) is 9.83. The summed E-state index contributed by atoms with van der Waals surface area (Å²) >= 11 is 0. The smallest absolute Gasteiger partial charge is 0.0773 e. The standard InChI is InChI=1S/C18H36N2/c1-3-5-11-19-13-7-17(8-14-19)18-9-15-20(16-10-18)12-6-4-2/h17-18H,3-16H2,1-2H3/p+2. The van der Waals surface area contributed by atoms with Crippen molar-refractivity contribution in [3.8, 4) is 0 Å². The first-order valence-electron chi connectivity index (χ1n) is 9.50. The second kappa shape index (κ2) is 9.04. The highest BCUT2D eigenvalue weighted by Gasteiger charge is 2.32. The van der Waals surface area contributed by atoms with Gasteiger partial charge >= 0.3 is 0 Å². The van der Waals surface area contributed by atoms with E-state index in [1.54, 1.807) is 0 Å². The fourth-order valence-corrected chi connectivity index (χ4v) is 4.39. The lowest BCUT2D eigenvalue weighted by atomic mass is 9.78. The molecule has 2 nitrogen and oxygen atoms in total. The van der Waals surface area contributed by atoms with E-state index in [4.69, 9.17) is 0 Å². The molecule has 2 aliphatic rings. The highest BCUT2D eigenvalue weighted by Crippen LogP contribution is 2.27. The quantitative estimate of drug-likeness (QED) is 0.694. The Morgan fingerprint density at radius 2 is 1.00 bits per heavy atom. The highest BCUT2D eigenvalue weighted by molar-refractivity contribution is 4.74. The molecule has 0 aromatic carbocycles. The average Bonchev–Trinajstić information content (AvgIpc) is 2.52. The first kappa shape index (κ1) is 16.3. The van der Waals surface area contributed by atoms with Gasteiger partial charge in [-0.2, -0.15) is 0 Å². The molecule has 0 amide bonds. The molecule has 0 bridgehead atoms. The molecule has 0 saturated carbocycles. The summed E-state index contributed by atoms with van der Waals surface area (Å²) in [6, 6.07) is 0. The van der Waals surface area contributed by atoms with Crippen molar-refractivity contribution < 1.29 is 9.80 Å². The van der Waals surface area contributed by atoms with E-state index in [0.717, 1.165) is 11.8 Å². The molecular formula is C18H38N2+2. The van der Waals surface area contributed by atoms with Crippen LogP contribution < -0.4 is 9.80 Å². The summed E-state index contributed by atoms with van der Waals surface area (Å²) in [7, 11) is 0. The molecule has 2 heterocycles. The number of piperidine rings is 2. The van der Waals surface area contributed by atoms with E-state index < -0.39 is 0 Å². The van der Waals surface area contributed by atoms with Crippen LogP contribution in [0, 0.1) is 11.8 Å². The van der Waals surface area contributed by atoms with Crippen molar-refractivity contribution in [2.24, 2.45) is 11.8 Å². The number of hydrogen-bond donors (Lipinski definition) is 2. The molecule has 2 fully saturated rings. The molecule has 0 aromatic heterocycles. The van der Waals surface area contributed by atoms with Crippen molar-refractivity contribution in [2.75, 3.05) is 39.3 Å². The summed E-state index contributed by atoms with van der Waals surface area (Å²) < 4.78 is 0. The minimum Gasteiger partial charge on any atom is -0.335 e. The van der Waals surface area contributed by atoms with Crippen LogP contribution in [0.25, 0.3) is 0 Å². The molecule has 0 spiro atoms. The van der Waals surface area contributed by atoms with E-state index in [1.165, 1.54) is 90.6 Å². The third-order valence-corrected chi connectivity index (χ3v) is 5.91. The normalized spacial score (nSPS) is 35.1. The van der Waals surface area contributed by atoms with E-state index in [2.05, 4.69) is 13.8 Å². The number of nitrogens with one attached hydrogen (secondary N) is 2. The maximum atomic E-state index is 2.32. The Balaban J connectivity index is 1.63. The molecular weight excluding hydrogens is 244 g/mol. The van der Waals surface area contributed by atoms with Gasteiger partial charge in [0.15, 0.2) is 0 Å². The Bertz CT molecular complexity index is 212. The van der Waals surface area contributed by atoms with Gasteiger partial charge in [-0.05, 0) is 50.4 Å². The van der Waals surface area contributed by atoms with Gasteiger partial charge in [0.1, 0.15) is 0 Å². The van der Waals surface area contributed by atoms with Crippen LogP contribution in [0.4, 0.5) is 0 Å². The van der Waals surface area contributed by atoms with Crippen molar-refractivity contribution in [2.45, 2.75) is 65.2 Å². The predicted octanol–water partition coefficient (Wildman–Crippen LogP) is 1.18. The van der Waals surface area contributed by atoms with Gasteiger partial charge in [0.25, 0.3) is 0 Å². The van der Waals surface area contributed by atoms with Crippen LogP contribution in [0.15, 0.2) is 0 Å².